The van der Waals surface area contributed by atoms with Crippen molar-refractivity contribution in [1.82, 2.24) is 4.90 Å². The van der Waals surface area contributed by atoms with E-state index in [0.717, 1.165) is 30.8 Å². The van der Waals surface area contributed by atoms with Gasteiger partial charge in [0.1, 0.15) is 0 Å². The highest BCUT2D eigenvalue weighted by Gasteiger charge is 2.12. The number of anilines is 1. The molecule has 0 fully saturated rings. The summed E-state index contributed by atoms with van der Waals surface area (Å²) in [7, 11) is 2.14. The van der Waals surface area contributed by atoms with E-state index in [4.69, 9.17) is 0 Å². The summed E-state index contributed by atoms with van der Waals surface area (Å²) in [6.07, 6.45) is 4.57. The molecule has 0 aliphatic carbocycles. The first-order valence-electron chi connectivity index (χ1n) is 7.96. The summed E-state index contributed by atoms with van der Waals surface area (Å²) in [5, 5.41) is 2.87. The molecule has 1 heterocycles. The van der Waals surface area contributed by atoms with Gasteiger partial charge in [-0.15, -0.1) is 0 Å². The Balaban J connectivity index is 1.66. The lowest BCUT2D eigenvalue weighted by Crippen LogP contribution is -2.26. The van der Waals surface area contributed by atoms with Gasteiger partial charge in [0.2, 0.25) is 5.91 Å². The zero-order valence-electron chi connectivity index (χ0n) is 13.7. The number of carbonyl (C=O) groups is 1. The standard InChI is InChI=1S/C20H22N2O/c1-15-3-8-19(9-4-15)21-20(23)10-6-16-5-7-17-11-12-22(2)14-18(17)13-16/h3-10,13H,11-12,14H2,1-2H3,(H,21,23). The van der Waals surface area contributed by atoms with Crippen molar-refractivity contribution in [2.75, 3.05) is 18.9 Å². The van der Waals surface area contributed by atoms with Gasteiger partial charge in [0, 0.05) is 24.9 Å². The Morgan fingerprint density at radius 1 is 1.13 bits per heavy atom. The topological polar surface area (TPSA) is 32.3 Å². The van der Waals surface area contributed by atoms with E-state index in [2.05, 4.69) is 35.5 Å². The van der Waals surface area contributed by atoms with Crippen molar-refractivity contribution in [3.05, 3.63) is 70.8 Å². The normalized spacial score (nSPS) is 14.7. The second-order valence-corrected chi connectivity index (χ2v) is 6.20. The number of carbonyl (C=O) groups excluding carboxylic acids is 1. The predicted octanol–water partition coefficient (Wildman–Crippen LogP) is 3.63. The average Bonchev–Trinajstić information content (AvgIpc) is 2.54. The molecular weight excluding hydrogens is 284 g/mol. The number of hydrogen-bond acceptors (Lipinski definition) is 2. The average molecular weight is 306 g/mol. The van der Waals surface area contributed by atoms with Crippen LogP contribution in [0.2, 0.25) is 0 Å². The van der Waals surface area contributed by atoms with Gasteiger partial charge >= 0.3 is 0 Å². The molecule has 3 nitrogen and oxygen atoms in total. The van der Waals surface area contributed by atoms with Crippen LogP contribution in [0.1, 0.15) is 22.3 Å². The molecule has 2 aromatic rings. The fourth-order valence-corrected chi connectivity index (χ4v) is 2.81. The van der Waals surface area contributed by atoms with Crippen LogP contribution >= 0.6 is 0 Å². The van der Waals surface area contributed by atoms with Gasteiger partial charge in [-0.25, -0.2) is 0 Å². The van der Waals surface area contributed by atoms with Gasteiger partial charge < -0.3 is 10.2 Å². The summed E-state index contributed by atoms with van der Waals surface area (Å²) in [5.41, 5.74) is 5.84. The van der Waals surface area contributed by atoms with E-state index in [1.165, 1.54) is 16.7 Å². The zero-order valence-corrected chi connectivity index (χ0v) is 13.7. The van der Waals surface area contributed by atoms with Crippen LogP contribution in [0.25, 0.3) is 6.08 Å². The van der Waals surface area contributed by atoms with Gasteiger partial charge in [0.05, 0.1) is 0 Å². The van der Waals surface area contributed by atoms with Crippen molar-refractivity contribution in [1.29, 1.82) is 0 Å². The third-order valence-electron chi connectivity index (χ3n) is 4.18. The van der Waals surface area contributed by atoms with Crippen LogP contribution in [0.5, 0.6) is 0 Å². The van der Waals surface area contributed by atoms with Gasteiger partial charge in [-0.2, -0.15) is 0 Å². The lowest BCUT2D eigenvalue weighted by atomic mass is 9.97. The Hall–Kier alpha value is -2.39. The SMILES string of the molecule is Cc1ccc(NC(=O)C=Cc2ccc3c(c2)CN(C)CC3)cc1. The van der Waals surface area contributed by atoms with Crippen molar-refractivity contribution < 1.29 is 4.79 Å². The molecule has 118 valence electrons. The number of hydrogen-bond donors (Lipinski definition) is 1. The number of rotatable bonds is 3. The van der Waals surface area contributed by atoms with E-state index in [-0.39, 0.29) is 5.91 Å². The van der Waals surface area contributed by atoms with Crippen LogP contribution in [0.3, 0.4) is 0 Å². The maximum atomic E-state index is 12.0. The Morgan fingerprint density at radius 3 is 2.70 bits per heavy atom. The zero-order chi connectivity index (χ0) is 16.2. The molecule has 0 saturated carbocycles. The van der Waals surface area contributed by atoms with Gasteiger partial charge in [0.25, 0.3) is 0 Å². The molecule has 0 unspecified atom stereocenters. The Labute approximate surface area is 137 Å². The molecule has 23 heavy (non-hydrogen) atoms. The molecule has 2 aromatic carbocycles. The summed E-state index contributed by atoms with van der Waals surface area (Å²) >= 11 is 0. The molecule has 0 spiro atoms. The number of nitrogens with one attached hydrogen (secondary N) is 1. The third-order valence-corrected chi connectivity index (χ3v) is 4.18. The van der Waals surface area contributed by atoms with E-state index in [1.54, 1.807) is 6.08 Å². The minimum Gasteiger partial charge on any atom is -0.323 e. The molecule has 0 radical (unpaired) electrons. The molecule has 0 bridgehead atoms. The molecule has 1 aliphatic rings. The van der Waals surface area contributed by atoms with Crippen LogP contribution in [-0.4, -0.2) is 24.4 Å². The second kappa shape index (κ2) is 6.80. The number of fused-ring (bicyclic) bond motifs is 1. The maximum absolute atomic E-state index is 12.0. The largest absolute Gasteiger partial charge is 0.323 e. The van der Waals surface area contributed by atoms with E-state index in [9.17, 15) is 4.79 Å². The van der Waals surface area contributed by atoms with Gasteiger partial charge in [-0.05, 0) is 55.3 Å². The maximum Gasteiger partial charge on any atom is 0.248 e. The quantitative estimate of drug-likeness (QED) is 0.878. The monoisotopic (exact) mass is 306 g/mol. The Bertz CT molecular complexity index is 732. The lowest BCUT2D eigenvalue weighted by Gasteiger charge is -2.25. The van der Waals surface area contributed by atoms with Crippen molar-refractivity contribution in [3.8, 4) is 0 Å². The third kappa shape index (κ3) is 4.08. The molecule has 0 atom stereocenters. The van der Waals surface area contributed by atoms with E-state index >= 15 is 0 Å². The molecule has 3 rings (SSSR count). The van der Waals surface area contributed by atoms with Crippen molar-refractivity contribution >= 4 is 17.7 Å². The van der Waals surface area contributed by atoms with Crippen LogP contribution in [0.15, 0.2) is 48.5 Å². The fraction of sp³-hybridized carbons (Fsp3) is 0.250. The summed E-state index contributed by atoms with van der Waals surface area (Å²) in [6, 6.07) is 14.2. The molecule has 1 N–H and O–H groups in total. The fourth-order valence-electron chi connectivity index (χ4n) is 2.81. The number of nitrogens with zero attached hydrogens (tertiary/aromatic N) is 1. The summed E-state index contributed by atoms with van der Waals surface area (Å²) in [6.45, 7) is 4.12. The molecule has 1 aliphatic heterocycles. The number of aryl methyl sites for hydroxylation is 1. The van der Waals surface area contributed by atoms with E-state index < -0.39 is 0 Å². The first kappa shape index (κ1) is 15.5. The van der Waals surface area contributed by atoms with Gasteiger partial charge in [-0.1, -0.05) is 35.9 Å². The minimum absolute atomic E-state index is 0.108. The summed E-state index contributed by atoms with van der Waals surface area (Å²) in [5.74, 6) is -0.108. The second-order valence-electron chi connectivity index (χ2n) is 6.20. The van der Waals surface area contributed by atoms with Crippen LogP contribution < -0.4 is 5.32 Å². The van der Waals surface area contributed by atoms with Crippen LogP contribution in [-0.2, 0) is 17.8 Å². The summed E-state index contributed by atoms with van der Waals surface area (Å²) in [4.78, 5) is 14.3. The smallest absolute Gasteiger partial charge is 0.248 e. The number of likely N-dealkylation sites (N-methyl/N-ethyl adjacent to an activating group) is 1. The molecule has 0 saturated heterocycles. The van der Waals surface area contributed by atoms with E-state index in [1.807, 2.05) is 37.3 Å². The van der Waals surface area contributed by atoms with Crippen molar-refractivity contribution in [2.45, 2.75) is 19.9 Å². The molecule has 0 aromatic heterocycles. The summed E-state index contributed by atoms with van der Waals surface area (Å²) < 4.78 is 0. The van der Waals surface area contributed by atoms with Crippen LogP contribution in [0.4, 0.5) is 5.69 Å². The highest BCUT2D eigenvalue weighted by atomic mass is 16.1. The predicted molar refractivity (Wildman–Crippen MR) is 95.3 cm³/mol. The van der Waals surface area contributed by atoms with E-state index in [0.29, 0.717) is 0 Å². The first-order valence-corrected chi connectivity index (χ1v) is 7.96. The molecule has 3 heteroatoms. The molecule has 1 amide bonds. The first-order chi connectivity index (χ1) is 11.1. The Morgan fingerprint density at radius 2 is 1.91 bits per heavy atom. The van der Waals surface area contributed by atoms with Gasteiger partial charge in [0.15, 0.2) is 0 Å². The van der Waals surface area contributed by atoms with Crippen molar-refractivity contribution in [2.24, 2.45) is 0 Å². The lowest BCUT2D eigenvalue weighted by molar-refractivity contribution is -0.111. The highest BCUT2D eigenvalue weighted by Crippen LogP contribution is 2.20. The number of benzene rings is 2. The number of amides is 1. The highest BCUT2D eigenvalue weighted by molar-refractivity contribution is 6.01. The minimum atomic E-state index is -0.108. The molecular formula is C20H22N2O. The van der Waals surface area contributed by atoms with Crippen LogP contribution in [0, 0.1) is 6.92 Å². The van der Waals surface area contributed by atoms with Crippen molar-refractivity contribution in [3.63, 3.8) is 0 Å². The van der Waals surface area contributed by atoms with Gasteiger partial charge in [-0.3, -0.25) is 4.79 Å². The Kier molecular flexibility index (Phi) is 4.58.